The Morgan fingerprint density at radius 3 is 2.64 bits per heavy atom. The predicted octanol–water partition coefficient (Wildman–Crippen LogP) is 3.12. The SMILES string of the molecule is COc1ccc(Cl)c(N=C2SC(CC(=O)Nc3ccc(C#N)cc3)C(=O)N2CCCn2ccc(=O)[nH]c2=O)c1. The average Bonchev–Trinajstić information content (AvgIpc) is 3.20. The quantitative estimate of drug-likeness (QED) is 0.404. The van der Waals surface area contributed by atoms with E-state index < -0.39 is 16.5 Å². The number of anilines is 1. The Hall–Kier alpha value is -4.34. The smallest absolute Gasteiger partial charge is 0.328 e. The van der Waals surface area contributed by atoms with Crippen LogP contribution >= 0.6 is 23.4 Å². The van der Waals surface area contributed by atoms with Gasteiger partial charge in [0.05, 0.1) is 29.5 Å². The molecule has 1 aliphatic rings. The van der Waals surface area contributed by atoms with Crippen LogP contribution in [0.5, 0.6) is 5.75 Å². The van der Waals surface area contributed by atoms with E-state index in [0.29, 0.717) is 39.3 Å². The number of aromatic nitrogens is 2. The Morgan fingerprint density at radius 1 is 1.18 bits per heavy atom. The van der Waals surface area contributed by atoms with E-state index in [1.807, 2.05) is 6.07 Å². The number of carbonyl (C=O) groups excluding carboxylic acids is 2. The molecule has 2 heterocycles. The molecule has 0 aliphatic carbocycles. The van der Waals surface area contributed by atoms with Crippen molar-refractivity contribution in [2.45, 2.75) is 24.6 Å². The molecule has 2 amide bonds. The van der Waals surface area contributed by atoms with Crippen molar-refractivity contribution < 1.29 is 14.3 Å². The Morgan fingerprint density at radius 2 is 1.95 bits per heavy atom. The van der Waals surface area contributed by atoms with Crippen LogP contribution in [0.4, 0.5) is 11.4 Å². The normalized spacial score (nSPS) is 15.8. The number of rotatable bonds is 9. The topological polar surface area (TPSA) is 150 Å². The maximum atomic E-state index is 13.4. The largest absolute Gasteiger partial charge is 0.497 e. The number of aromatic amines is 1. The minimum Gasteiger partial charge on any atom is -0.497 e. The number of hydrogen-bond donors (Lipinski definition) is 2. The minimum atomic E-state index is -0.734. The lowest BCUT2D eigenvalue weighted by atomic mass is 10.2. The van der Waals surface area contributed by atoms with E-state index in [-0.39, 0.29) is 31.3 Å². The van der Waals surface area contributed by atoms with Gasteiger partial charge in [-0.1, -0.05) is 23.4 Å². The number of benzene rings is 2. The first-order valence-electron chi connectivity index (χ1n) is 11.8. The molecule has 1 atom stereocenters. The lowest BCUT2D eigenvalue weighted by Crippen LogP contribution is -2.35. The number of H-pyrrole nitrogens is 1. The first-order valence-corrected chi connectivity index (χ1v) is 13.0. The Balaban J connectivity index is 1.52. The fourth-order valence-corrected chi connectivity index (χ4v) is 5.10. The van der Waals surface area contributed by atoms with Crippen molar-refractivity contribution in [1.82, 2.24) is 14.5 Å². The number of ether oxygens (including phenoxy) is 1. The molecule has 1 unspecified atom stereocenters. The van der Waals surface area contributed by atoms with Gasteiger partial charge in [-0.15, -0.1) is 0 Å². The van der Waals surface area contributed by atoms with Crippen molar-refractivity contribution >= 4 is 51.7 Å². The fraction of sp³-hybridized carbons (Fsp3) is 0.231. The predicted molar refractivity (Wildman–Crippen MR) is 149 cm³/mol. The van der Waals surface area contributed by atoms with Crippen molar-refractivity contribution in [2.75, 3.05) is 19.0 Å². The van der Waals surface area contributed by atoms with E-state index in [1.165, 1.54) is 28.8 Å². The van der Waals surface area contributed by atoms with Gasteiger partial charge in [-0.25, -0.2) is 9.79 Å². The number of hydrogen-bond acceptors (Lipinski definition) is 8. The van der Waals surface area contributed by atoms with E-state index in [1.54, 1.807) is 42.5 Å². The van der Waals surface area contributed by atoms with Crippen LogP contribution in [-0.4, -0.2) is 50.3 Å². The van der Waals surface area contributed by atoms with Gasteiger partial charge in [0.1, 0.15) is 11.0 Å². The fourth-order valence-electron chi connectivity index (χ4n) is 3.77. The van der Waals surface area contributed by atoms with Crippen LogP contribution in [0.25, 0.3) is 0 Å². The average molecular weight is 567 g/mol. The molecule has 0 spiro atoms. The monoisotopic (exact) mass is 566 g/mol. The molecule has 11 nitrogen and oxygen atoms in total. The summed E-state index contributed by atoms with van der Waals surface area (Å²) in [6.07, 6.45) is 1.67. The van der Waals surface area contributed by atoms with Gasteiger partial charge < -0.3 is 14.6 Å². The molecule has 39 heavy (non-hydrogen) atoms. The number of carbonyl (C=O) groups is 2. The molecule has 1 saturated heterocycles. The number of nitriles is 1. The summed E-state index contributed by atoms with van der Waals surface area (Å²) < 4.78 is 6.60. The van der Waals surface area contributed by atoms with Gasteiger partial charge in [0.15, 0.2) is 5.17 Å². The lowest BCUT2D eigenvalue weighted by Gasteiger charge is -2.17. The molecule has 3 aromatic rings. The summed E-state index contributed by atoms with van der Waals surface area (Å²) in [7, 11) is 1.52. The first kappa shape index (κ1) is 27.7. The van der Waals surface area contributed by atoms with E-state index in [2.05, 4.69) is 15.3 Å². The van der Waals surface area contributed by atoms with Crippen LogP contribution in [0, 0.1) is 11.3 Å². The number of methoxy groups -OCH3 is 1. The number of thioether (sulfide) groups is 1. The molecule has 0 radical (unpaired) electrons. The minimum absolute atomic E-state index is 0.107. The van der Waals surface area contributed by atoms with Crippen molar-refractivity contribution in [2.24, 2.45) is 4.99 Å². The number of amidine groups is 1. The molecule has 2 aromatic carbocycles. The number of halogens is 1. The maximum Gasteiger partial charge on any atom is 0.328 e. The van der Waals surface area contributed by atoms with Crippen LogP contribution in [0.3, 0.4) is 0 Å². The van der Waals surface area contributed by atoms with Crippen LogP contribution in [0.15, 0.2) is 69.3 Å². The molecule has 0 saturated carbocycles. The molecule has 13 heteroatoms. The summed E-state index contributed by atoms with van der Waals surface area (Å²) >= 11 is 7.48. The molecule has 1 aromatic heterocycles. The zero-order valence-corrected chi connectivity index (χ0v) is 22.3. The Labute approximate surface area is 232 Å². The van der Waals surface area contributed by atoms with Crippen LogP contribution < -0.4 is 21.3 Å². The van der Waals surface area contributed by atoms with Gasteiger partial charge >= 0.3 is 5.69 Å². The number of amides is 2. The molecule has 4 rings (SSSR count). The van der Waals surface area contributed by atoms with E-state index in [0.717, 1.165) is 11.8 Å². The summed E-state index contributed by atoms with van der Waals surface area (Å²) in [4.78, 5) is 57.7. The summed E-state index contributed by atoms with van der Waals surface area (Å²) in [6, 6.07) is 14.6. The highest BCUT2D eigenvalue weighted by Crippen LogP contribution is 2.35. The Kier molecular flexibility index (Phi) is 8.85. The van der Waals surface area contributed by atoms with Crippen LogP contribution in [0.1, 0.15) is 18.4 Å². The molecule has 0 bridgehead atoms. The summed E-state index contributed by atoms with van der Waals surface area (Å²) in [5, 5.41) is 11.7. The maximum absolute atomic E-state index is 13.4. The van der Waals surface area contributed by atoms with Gasteiger partial charge in [-0.2, -0.15) is 5.26 Å². The van der Waals surface area contributed by atoms with E-state index >= 15 is 0 Å². The third-order valence-corrected chi connectivity index (χ3v) is 7.23. The number of nitrogens with one attached hydrogen (secondary N) is 2. The van der Waals surface area contributed by atoms with Gasteiger partial charge in [0.2, 0.25) is 11.8 Å². The highest BCUT2D eigenvalue weighted by Gasteiger charge is 2.39. The van der Waals surface area contributed by atoms with Crippen LogP contribution in [-0.2, 0) is 16.1 Å². The first-order chi connectivity index (χ1) is 18.8. The van der Waals surface area contributed by atoms with Crippen molar-refractivity contribution in [3.8, 4) is 11.8 Å². The van der Waals surface area contributed by atoms with Gasteiger partial charge in [-0.3, -0.25) is 24.3 Å². The number of nitrogens with zero attached hydrogens (tertiary/aromatic N) is 4. The number of aliphatic imine (C=N–C) groups is 1. The van der Waals surface area contributed by atoms with Gasteiger partial charge in [0, 0.05) is 43.5 Å². The number of aryl methyl sites for hydroxylation is 1. The summed E-state index contributed by atoms with van der Waals surface area (Å²) in [5.74, 6) is -0.136. The zero-order chi connectivity index (χ0) is 27.9. The Bertz CT molecular complexity index is 1580. The van der Waals surface area contributed by atoms with Crippen molar-refractivity contribution in [1.29, 1.82) is 5.26 Å². The molecule has 200 valence electrons. The molecular weight excluding hydrogens is 544 g/mol. The highest BCUT2D eigenvalue weighted by atomic mass is 35.5. The second kappa shape index (κ2) is 12.5. The van der Waals surface area contributed by atoms with E-state index in [4.69, 9.17) is 21.6 Å². The lowest BCUT2D eigenvalue weighted by molar-refractivity contribution is -0.128. The third kappa shape index (κ3) is 6.95. The zero-order valence-electron chi connectivity index (χ0n) is 20.7. The second-order valence-electron chi connectivity index (χ2n) is 8.41. The molecular formula is C26H23ClN6O5S. The summed E-state index contributed by atoms with van der Waals surface area (Å²) in [6.45, 7) is 0.465. The van der Waals surface area contributed by atoms with Crippen molar-refractivity contribution in [3.05, 3.63) is 86.2 Å². The van der Waals surface area contributed by atoms with Crippen LogP contribution in [0.2, 0.25) is 5.02 Å². The second-order valence-corrected chi connectivity index (χ2v) is 9.98. The highest BCUT2D eigenvalue weighted by molar-refractivity contribution is 8.15. The summed E-state index contributed by atoms with van der Waals surface area (Å²) in [5.41, 5.74) is 0.338. The molecule has 1 aliphatic heterocycles. The molecule has 2 N–H and O–H groups in total. The van der Waals surface area contributed by atoms with Gasteiger partial charge in [-0.05, 0) is 42.8 Å². The van der Waals surface area contributed by atoms with E-state index in [9.17, 15) is 19.2 Å². The van der Waals surface area contributed by atoms with Gasteiger partial charge in [0.25, 0.3) is 5.56 Å². The van der Waals surface area contributed by atoms with Crippen molar-refractivity contribution in [3.63, 3.8) is 0 Å². The third-order valence-electron chi connectivity index (χ3n) is 5.74. The molecule has 1 fully saturated rings. The standard InChI is InChI=1S/C26H23ClN6O5S/c1-38-18-7-8-19(27)20(13-18)30-26-33(11-2-10-32-12-9-22(34)31-25(32)37)24(36)21(39-26)14-23(35)29-17-5-3-16(15-28)4-6-17/h3-9,12-13,21H,2,10-11,14H2,1H3,(H,29,35)(H,31,34,37).